The molecule has 0 unspecified atom stereocenters. The van der Waals surface area contributed by atoms with Crippen LogP contribution in [-0.4, -0.2) is 27.3 Å². The predicted molar refractivity (Wildman–Crippen MR) is 92.2 cm³/mol. The van der Waals surface area contributed by atoms with Gasteiger partial charge in [0.15, 0.2) is 0 Å². The van der Waals surface area contributed by atoms with E-state index in [1.165, 1.54) is 0 Å². The summed E-state index contributed by atoms with van der Waals surface area (Å²) in [5.74, 6) is 1.15. The minimum atomic E-state index is 0.0488. The number of hydrogen-bond acceptors (Lipinski definition) is 2. The van der Waals surface area contributed by atoms with Crippen LogP contribution in [0.1, 0.15) is 45.0 Å². The van der Waals surface area contributed by atoms with Gasteiger partial charge in [0.25, 0.3) is 0 Å². The molecule has 1 N–H and O–H groups in total. The fourth-order valence-electron chi connectivity index (χ4n) is 3.09. The SMILES string of the molecule is CC[C@@H](C)C(=O)N1CCC[C@@H]1c1ncc(-c2ccccc2Cl)[nH]1. The highest BCUT2D eigenvalue weighted by molar-refractivity contribution is 6.33. The molecule has 23 heavy (non-hydrogen) atoms. The van der Waals surface area contributed by atoms with Gasteiger partial charge in [-0.15, -0.1) is 0 Å². The highest BCUT2D eigenvalue weighted by Gasteiger charge is 2.33. The van der Waals surface area contributed by atoms with Crippen LogP contribution in [0.4, 0.5) is 0 Å². The van der Waals surface area contributed by atoms with Crippen molar-refractivity contribution < 1.29 is 4.79 Å². The molecule has 2 atom stereocenters. The zero-order valence-corrected chi connectivity index (χ0v) is 14.3. The Morgan fingerprint density at radius 2 is 2.26 bits per heavy atom. The average Bonchev–Trinajstić information content (AvgIpc) is 3.22. The first-order valence-electron chi connectivity index (χ1n) is 8.22. The number of nitrogens with zero attached hydrogens (tertiary/aromatic N) is 2. The second kappa shape index (κ2) is 6.75. The van der Waals surface area contributed by atoms with Crippen molar-refractivity contribution in [2.75, 3.05) is 6.54 Å². The number of aromatic nitrogens is 2. The lowest BCUT2D eigenvalue weighted by molar-refractivity contribution is -0.136. The van der Waals surface area contributed by atoms with Crippen LogP contribution in [0.3, 0.4) is 0 Å². The number of carbonyl (C=O) groups excluding carboxylic acids is 1. The zero-order chi connectivity index (χ0) is 16.4. The Morgan fingerprint density at radius 1 is 1.48 bits per heavy atom. The van der Waals surface area contributed by atoms with Gasteiger partial charge in [0.05, 0.1) is 17.9 Å². The van der Waals surface area contributed by atoms with E-state index in [4.69, 9.17) is 11.6 Å². The van der Waals surface area contributed by atoms with Crippen LogP contribution in [-0.2, 0) is 4.79 Å². The first-order chi connectivity index (χ1) is 11.1. The second-order valence-electron chi connectivity index (χ2n) is 6.16. The molecule has 122 valence electrons. The fraction of sp³-hybridized carbons (Fsp3) is 0.444. The largest absolute Gasteiger partial charge is 0.340 e. The summed E-state index contributed by atoms with van der Waals surface area (Å²) in [6.07, 6.45) is 4.65. The zero-order valence-electron chi connectivity index (χ0n) is 13.6. The standard InChI is InChI=1S/C18H22ClN3O/c1-3-12(2)18(23)22-10-6-9-16(22)17-20-11-15(21-17)13-7-4-5-8-14(13)19/h4-5,7-8,11-12,16H,3,6,9-10H2,1-2H3,(H,20,21)/t12-,16-/m1/s1. The van der Waals surface area contributed by atoms with Gasteiger partial charge in [-0.3, -0.25) is 4.79 Å². The van der Waals surface area contributed by atoms with E-state index in [-0.39, 0.29) is 17.9 Å². The first-order valence-corrected chi connectivity index (χ1v) is 8.60. The summed E-state index contributed by atoms with van der Waals surface area (Å²) in [4.78, 5) is 22.4. The van der Waals surface area contributed by atoms with E-state index in [0.717, 1.165) is 42.9 Å². The van der Waals surface area contributed by atoms with Gasteiger partial charge in [0.1, 0.15) is 5.82 Å². The summed E-state index contributed by atoms with van der Waals surface area (Å²) in [5, 5.41) is 0.696. The Morgan fingerprint density at radius 3 is 3.00 bits per heavy atom. The number of amides is 1. The molecule has 1 aliphatic rings. The van der Waals surface area contributed by atoms with Crippen molar-refractivity contribution in [3.05, 3.63) is 41.3 Å². The van der Waals surface area contributed by atoms with Gasteiger partial charge in [0.2, 0.25) is 5.91 Å². The highest BCUT2D eigenvalue weighted by Crippen LogP contribution is 2.34. The lowest BCUT2D eigenvalue weighted by atomic mass is 10.1. The van der Waals surface area contributed by atoms with E-state index in [2.05, 4.69) is 16.9 Å². The van der Waals surface area contributed by atoms with Crippen LogP contribution in [0.15, 0.2) is 30.5 Å². The Labute approximate surface area is 141 Å². The predicted octanol–water partition coefficient (Wildman–Crippen LogP) is 4.44. The van der Waals surface area contributed by atoms with E-state index in [0.29, 0.717) is 5.02 Å². The molecule has 1 aromatic heterocycles. The molecule has 0 saturated carbocycles. The lowest BCUT2D eigenvalue weighted by Crippen LogP contribution is -2.34. The van der Waals surface area contributed by atoms with Gasteiger partial charge >= 0.3 is 0 Å². The van der Waals surface area contributed by atoms with Crippen molar-refractivity contribution in [2.45, 2.75) is 39.2 Å². The molecule has 0 spiro atoms. The quantitative estimate of drug-likeness (QED) is 0.900. The number of likely N-dealkylation sites (tertiary alicyclic amines) is 1. The van der Waals surface area contributed by atoms with Gasteiger partial charge in [-0.1, -0.05) is 43.6 Å². The number of hydrogen-bond donors (Lipinski definition) is 1. The summed E-state index contributed by atoms with van der Waals surface area (Å²) in [7, 11) is 0. The minimum Gasteiger partial charge on any atom is -0.340 e. The number of halogens is 1. The minimum absolute atomic E-state index is 0.0488. The monoisotopic (exact) mass is 331 g/mol. The molecule has 0 radical (unpaired) electrons. The summed E-state index contributed by atoms with van der Waals surface area (Å²) >= 11 is 6.25. The van der Waals surface area contributed by atoms with Gasteiger partial charge in [-0.2, -0.15) is 0 Å². The second-order valence-corrected chi connectivity index (χ2v) is 6.57. The van der Waals surface area contributed by atoms with Crippen molar-refractivity contribution in [1.82, 2.24) is 14.9 Å². The third kappa shape index (κ3) is 3.13. The Balaban J connectivity index is 1.85. The molecule has 0 aliphatic carbocycles. The third-order valence-corrected chi connectivity index (χ3v) is 4.97. The lowest BCUT2D eigenvalue weighted by Gasteiger charge is -2.26. The maximum Gasteiger partial charge on any atom is 0.226 e. The van der Waals surface area contributed by atoms with E-state index in [9.17, 15) is 4.79 Å². The van der Waals surface area contributed by atoms with E-state index < -0.39 is 0 Å². The molecular weight excluding hydrogens is 310 g/mol. The van der Waals surface area contributed by atoms with Crippen molar-refractivity contribution in [3.8, 4) is 11.3 Å². The summed E-state index contributed by atoms with van der Waals surface area (Å²) in [6, 6.07) is 7.75. The summed E-state index contributed by atoms with van der Waals surface area (Å²) in [5.41, 5.74) is 1.83. The number of imidazole rings is 1. The normalized spacial score (nSPS) is 19.1. The van der Waals surface area contributed by atoms with E-state index >= 15 is 0 Å². The number of nitrogens with one attached hydrogen (secondary N) is 1. The number of rotatable bonds is 4. The average molecular weight is 332 g/mol. The number of aromatic amines is 1. The maximum absolute atomic E-state index is 12.6. The van der Waals surface area contributed by atoms with Crippen LogP contribution in [0.2, 0.25) is 5.02 Å². The Bertz CT molecular complexity index is 697. The van der Waals surface area contributed by atoms with Gasteiger partial charge in [0, 0.05) is 23.0 Å². The number of H-pyrrole nitrogens is 1. The van der Waals surface area contributed by atoms with Crippen LogP contribution >= 0.6 is 11.6 Å². The van der Waals surface area contributed by atoms with Crippen LogP contribution in [0.25, 0.3) is 11.3 Å². The van der Waals surface area contributed by atoms with E-state index in [1.807, 2.05) is 36.1 Å². The van der Waals surface area contributed by atoms with Crippen LogP contribution in [0.5, 0.6) is 0 Å². The summed E-state index contributed by atoms with van der Waals surface area (Å²) < 4.78 is 0. The van der Waals surface area contributed by atoms with Crippen molar-refractivity contribution >= 4 is 17.5 Å². The van der Waals surface area contributed by atoms with Crippen LogP contribution < -0.4 is 0 Å². The van der Waals surface area contributed by atoms with Crippen molar-refractivity contribution in [3.63, 3.8) is 0 Å². The van der Waals surface area contributed by atoms with Gasteiger partial charge in [-0.05, 0) is 25.3 Å². The molecule has 1 amide bonds. The molecule has 3 rings (SSSR count). The Kier molecular flexibility index (Phi) is 4.71. The molecule has 2 heterocycles. The summed E-state index contributed by atoms with van der Waals surface area (Å²) in [6.45, 7) is 4.86. The highest BCUT2D eigenvalue weighted by atomic mass is 35.5. The molecule has 4 nitrogen and oxygen atoms in total. The molecular formula is C18H22ClN3O. The molecule has 1 fully saturated rings. The molecule has 1 aromatic carbocycles. The smallest absolute Gasteiger partial charge is 0.226 e. The first kappa shape index (κ1) is 16.1. The third-order valence-electron chi connectivity index (χ3n) is 4.64. The molecule has 2 aromatic rings. The van der Waals surface area contributed by atoms with Crippen LogP contribution in [0, 0.1) is 5.92 Å². The maximum atomic E-state index is 12.6. The molecule has 1 aliphatic heterocycles. The fourth-order valence-corrected chi connectivity index (χ4v) is 3.33. The molecule has 5 heteroatoms. The van der Waals surface area contributed by atoms with Crippen molar-refractivity contribution in [1.29, 1.82) is 0 Å². The van der Waals surface area contributed by atoms with Gasteiger partial charge in [-0.25, -0.2) is 4.98 Å². The van der Waals surface area contributed by atoms with Crippen molar-refractivity contribution in [2.24, 2.45) is 5.92 Å². The topological polar surface area (TPSA) is 49.0 Å². The Hall–Kier alpha value is -1.81. The van der Waals surface area contributed by atoms with E-state index in [1.54, 1.807) is 6.20 Å². The number of carbonyl (C=O) groups is 1. The molecule has 1 saturated heterocycles. The molecule has 0 bridgehead atoms. The van der Waals surface area contributed by atoms with Gasteiger partial charge < -0.3 is 9.88 Å². The number of benzene rings is 1.